The Kier molecular flexibility index (Phi) is 6.11. The Morgan fingerprint density at radius 2 is 1.56 bits per heavy atom. The summed E-state index contributed by atoms with van der Waals surface area (Å²) in [4.78, 5) is 8.02. The second kappa shape index (κ2) is 8.35. The van der Waals surface area contributed by atoms with Gasteiger partial charge in [0.15, 0.2) is 17.4 Å². The van der Waals surface area contributed by atoms with Gasteiger partial charge in [0.1, 0.15) is 0 Å². The summed E-state index contributed by atoms with van der Waals surface area (Å²) in [5.74, 6) is -0.198. The molecular formula is C17H11Cl4FN4O. The fraction of sp³-hybridized carbons (Fsp3) is 0.0588. The Labute approximate surface area is 174 Å². The Morgan fingerprint density at radius 3 is 2.19 bits per heavy atom. The summed E-state index contributed by atoms with van der Waals surface area (Å²) in [7, 11) is 1.46. The second-order valence-corrected chi connectivity index (χ2v) is 6.87. The number of rotatable bonds is 5. The molecule has 2 aromatic carbocycles. The summed E-state index contributed by atoms with van der Waals surface area (Å²) >= 11 is 24.1. The molecule has 0 unspecified atom stereocenters. The number of hydrogen-bond donors (Lipinski definition) is 2. The van der Waals surface area contributed by atoms with Crippen LogP contribution < -0.4 is 15.4 Å². The number of nitrogens with one attached hydrogen (secondary N) is 2. The van der Waals surface area contributed by atoms with Crippen molar-refractivity contribution in [3.05, 3.63) is 62.4 Å². The highest BCUT2D eigenvalue weighted by molar-refractivity contribution is 6.42. The van der Waals surface area contributed by atoms with Gasteiger partial charge in [0.25, 0.3) is 0 Å². The van der Waals surface area contributed by atoms with Crippen molar-refractivity contribution in [2.45, 2.75) is 0 Å². The minimum Gasteiger partial charge on any atom is -0.494 e. The third-order valence-electron chi connectivity index (χ3n) is 3.38. The van der Waals surface area contributed by atoms with E-state index in [4.69, 9.17) is 51.1 Å². The Hall–Kier alpha value is -1.99. The normalized spacial score (nSPS) is 10.6. The van der Waals surface area contributed by atoms with Crippen molar-refractivity contribution >= 4 is 69.5 Å². The quantitative estimate of drug-likeness (QED) is 0.454. The minimum atomic E-state index is -0.641. The molecule has 0 fully saturated rings. The summed E-state index contributed by atoms with van der Waals surface area (Å²) in [6.45, 7) is 0. The maximum absolute atomic E-state index is 14.1. The first-order valence-electron chi connectivity index (χ1n) is 7.42. The lowest BCUT2D eigenvalue weighted by atomic mass is 10.3. The highest BCUT2D eigenvalue weighted by Crippen LogP contribution is 2.36. The van der Waals surface area contributed by atoms with Crippen molar-refractivity contribution in [2.75, 3.05) is 17.7 Å². The van der Waals surface area contributed by atoms with Crippen LogP contribution in [0.15, 0.2) is 36.5 Å². The topological polar surface area (TPSA) is 59.1 Å². The van der Waals surface area contributed by atoms with Crippen molar-refractivity contribution in [3.63, 3.8) is 0 Å². The van der Waals surface area contributed by atoms with E-state index in [1.54, 1.807) is 30.3 Å². The van der Waals surface area contributed by atoms with E-state index in [0.717, 1.165) is 6.20 Å². The van der Waals surface area contributed by atoms with Gasteiger partial charge in [-0.05, 0) is 30.3 Å². The number of aromatic nitrogens is 2. The molecule has 0 saturated carbocycles. The molecule has 1 heterocycles. The zero-order valence-corrected chi connectivity index (χ0v) is 16.7. The van der Waals surface area contributed by atoms with Gasteiger partial charge in [-0.2, -0.15) is 4.98 Å². The Bertz CT molecular complexity index is 980. The van der Waals surface area contributed by atoms with Crippen LogP contribution in [0.2, 0.25) is 20.1 Å². The van der Waals surface area contributed by atoms with E-state index in [0.29, 0.717) is 37.2 Å². The van der Waals surface area contributed by atoms with E-state index in [2.05, 4.69) is 20.6 Å². The van der Waals surface area contributed by atoms with Crippen molar-refractivity contribution in [2.24, 2.45) is 0 Å². The Balaban J connectivity index is 1.86. The van der Waals surface area contributed by atoms with Crippen LogP contribution in [-0.4, -0.2) is 17.1 Å². The molecule has 0 spiro atoms. The molecule has 27 heavy (non-hydrogen) atoms. The smallest absolute Gasteiger partial charge is 0.229 e. The molecule has 0 aliphatic carbocycles. The average molecular weight is 448 g/mol. The predicted octanol–water partition coefficient (Wildman–Crippen LogP) is 6.73. The second-order valence-electron chi connectivity index (χ2n) is 5.24. The van der Waals surface area contributed by atoms with Gasteiger partial charge in [-0.1, -0.05) is 46.4 Å². The van der Waals surface area contributed by atoms with Crippen LogP contribution in [0, 0.1) is 5.82 Å². The van der Waals surface area contributed by atoms with Gasteiger partial charge in [0.05, 0.1) is 33.4 Å². The van der Waals surface area contributed by atoms with Crippen LogP contribution in [0.1, 0.15) is 0 Å². The van der Waals surface area contributed by atoms with Crippen LogP contribution >= 0.6 is 46.4 Å². The van der Waals surface area contributed by atoms with E-state index in [9.17, 15) is 4.39 Å². The first kappa shape index (κ1) is 19.8. The highest BCUT2D eigenvalue weighted by atomic mass is 35.5. The van der Waals surface area contributed by atoms with Crippen LogP contribution in [0.3, 0.4) is 0 Å². The van der Waals surface area contributed by atoms with Crippen molar-refractivity contribution < 1.29 is 9.13 Å². The first-order valence-corrected chi connectivity index (χ1v) is 8.93. The number of anilines is 4. The molecule has 140 valence electrons. The molecule has 3 aromatic rings. The Morgan fingerprint density at radius 1 is 0.889 bits per heavy atom. The van der Waals surface area contributed by atoms with Gasteiger partial charge in [0.2, 0.25) is 5.95 Å². The summed E-state index contributed by atoms with van der Waals surface area (Å²) in [6.07, 6.45) is 1.03. The molecule has 5 nitrogen and oxygen atoms in total. The summed E-state index contributed by atoms with van der Waals surface area (Å²) < 4.78 is 19.2. The molecule has 0 amide bonds. The number of benzene rings is 2. The van der Waals surface area contributed by atoms with E-state index < -0.39 is 5.82 Å². The molecular weight excluding hydrogens is 437 g/mol. The molecule has 0 aliphatic rings. The zero-order valence-electron chi connectivity index (χ0n) is 13.7. The molecule has 0 aliphatic heterocycles. The molecule has 10 heteroatoms. The number of nitrogens with zero attached hydrogens (tertiary/aromatic N) is 2. The van der Waals surface area contributed by atoms with Gasteiger partial charge in [-0.15, -0.1) is 0 Å². The molecule has 0 radical (unpaired) electrons. The van der Waals surface area contributed by atoms with Crippen molar-refractivity contribution in [1.29, 1.82) is 0 Å². The lowest BCUT2D eigenvalue weighted by Crippen LogP contribution is -2.03. The third kappa shape index (κ3) is 4.65. The zero-order chi connectivity index (χ0) is 19.6. The molecule has 1 aromatic heterocycles. The van der Waals surface area contributed by atoms with E-state index >= 15 is 0 Å². The fourth-order valence-electron chi connectivity index (χ4n) is 2.18. The molecule has 0 saturated heterocycles. The van der Waals surface area contributed by atoms with E-state index in [-0.39, 0.29) is 11.8 Å². The number of halogens is 5. The number of ether oxygens (including phenoxy) is 1. The maximum atomic E-state index is 14.1. The standard InChI is InChI=1S/C17H11Cl4FN4O/c1-27-15-12(20)5-9(6-13(15)21)25-17-23-7-14(22)16(26-17)24-8-2-3-10(18)11(19)4-8/h2-7H,1H3,(H2,23,24,25,26). The lowest BCUT2D eigenvalue weighted by molar-refractivity contribution is 0.415. The number of methoxy groups -OCH3 is 1. The summed E-state index contributed by atoms with van der Waals surface area (Å²) in [6, 6.07) is 7.97. The summed E-state index contributed by atoms with van der Waals surface area (Å²) in [5.41, 5.74) is 1.03. The molecule has 3 rings (SSSR count). The van der Waals surface area contributed by atoms with Gasteiger partial charge < -0.3 is 15.4 Å². The fourth-order valence-corrected chi connectivity index (χ4v) is 3.12. The minimum absolute atomic E-state index is 0.0448. The van der Waals surface area contributed by atoms with Crippen LogP contribution in [0.4, 0.5) is 27.5 Å². The van der Waals surface area contributed by atoms with Gasteiger partial charge in [-0.25, -0.2) is 9.37 Å². The summed E-state index contributed by atoms with van der Waals surface area (Å²) in [5, 5.41) is 7.07. The molecule has 0 atom stereocenters. The monoisotopic (exact) mass is 446 g/mol. The highest BCUT2D eigenvalue weighted by Gasteiger charge is 2.12. The molecule has 2 N–H and O–H groups in total. The third-order valence-corrected chi connectivity index (χ3v) is 4.69. The van der Waals surface area contributed by atoms with E-state index in [1.165, 1.54) is 7.11 Å². The maximum Gasteiger partial charge on any atom is 0.229 e. The molecule has 0 bridgehead atoms. The van der Waals surface area contributed by atoms with Crippen LogP contribution in [0.5, 0.6) is 5.75 Å². The van der Waals surface area contributed by atoms with Crippen molar-refractivity contribution in [3.8, 4) is 5.75 Å². The van der Waals surface area contributed by atoms with Gasteiger partial charge in [0, 0.05) is 11.4 Å². The predicted molar refractivity (Wildman–Crippen MR) is 108 cm³/mol. The van der Waals surface area contributed by atoms with Crippen molar-refractivity contribution in [1.82, 2.24) is 9.97 Å². The first-order chi connectivity index (χ1) is 12.9. The van der Waals surface area contributed by atoms with E-state index in [1.807, 2.05) is 0 Å². The van der Waals surface area contributed by atoms with Crippen LogP contribution in [0.25, 0.3) is 0 Å². The number of hydrogen-bond acceptors (Lipinski definition) is 5. The van der Waals surface area contributed by atoms with Crippen LogP contribution in [-0.2, 0) is 0 Å². The average Bonchev–Trinajstić information content (AvgIpc) is 2.61. The lowest BCUT2D eigenvalue weighted by Gasteiger charge is -2.12. The van der Waals surface area contributed by atoms with Gasteiger partial charge in [-0.3, -0.25) is 0 Å². The SMILES string of the molecule is COc1c(Cl)cc(Nc2ncc(F)c(Nc3ccc(Cl)c(Cl)c3)n2)cc1Cl. The van der Waals surface area contributed by atoms with Gasteiger partial charge >= 0.3 is 0 Å². The largest absolute Gasteiger partial charge is 0.494 e.